The largest absolute Gasteiger partial charge is 0.300 e. The van der Waals surface area contributed by atoms with Crippen LogP contribution in [0.25, 0.3) is 0 Å². The fraction of sp³-hybridized carbons (Fsp3) is 0.250. The lowest BCUT2D eigenvalue weighted by atomic mass is 10.2. The molecule has 1 nitrogen and oxygen atoms in total. The number of rotatable bonds is 2. The van der Waals surface area contributed by atoms with Crippen molar-refractivity contribution in [1.29, 1.82) is 0 Å². The van der Waals surface area contributed by atoms with Crippen LogP contribution in [0, 0.1) is 27.7 Å². The third kappa shape index (κ3) is 2.96. The van der Waals surface area contributed by atoms with Gasteiger partial charge in [-0.3, -0.25) is 4.57 Å². The Labute approximate surface area is 114 Å². The molecule has 0 saturated carbocycles. The van der Waals surface area contributed by atoms with Gasteiger partial charge in [0.05, 0.1) is 0 Å². The van der Waals surface area contributed by atoms with Gasteiger partial charge in [-0.15, -0.1) is 0 Å². The van der Waals surface area contributed by atoms with Crippen LogP contribution < -0.4 is 10.6 Å². The summed E-state index contributed by atoms with van der Waals surface area (Å²) in [5.41, 5.74) is 3.71. The molecule has 0 atom stereocenters. The van der Waals surface area contributed by atoms with E-state index >= 15 is 0 Å². The van der Waals surface area contributed by atoms with Crippen molar-refractivity contribution < 1.29 is 8.76 Å². The zero-order valence-electron chi connectivity index (χ0n) is 11.7. The van der Waals surface area contributed by atoms with Crippen molar-refractivity contribution in [3.05, 3.63) is 58.7 Å². The summed E-state index contributed by atoms with van der Waals surface area (Å²) in [4.78, 5) is 0. The monoisotopic (exact) mass is 276 g/mol. The second-order valence-corrected chi connectivity index (χ2v) is 7.32. The quantitative estimate of drug-likeness (QED) is 0.754. The predicted octanol–water partition coefficient (Wildman–Crippen LogP) is 4.12. The second-order valence-electron chi connectivity index (χ2n) is 5.22. The second kappa shape index (κ2) is 4.94. The van der Waals surface area contributed by atoms with E-state index in [-0.39, 0.29) is 10.6 Å². The average Bonchev–Trinajstić information content (AvgIpc) is 2.26. The summed E-state index contributed by atoms with van der Waals surface area (Å²) in [5.74, 6) is 0. The first-order chi connectivity index (χ1) is 8.79. The van der Waals surface area contributed by atoms with Gasteiger partial charge in [-0.1, -0.05) is 34.4 Å². The first kappa shape index (κ1) is 14.0. The molecule has 0 fully saturated rings. The summed E-state index contributed by atoms with van der Waals surface area (Å²) in [7, 11) is -4.01. The first-order valence-electron chi connectivity index (χ1n) is 6.26. The van der Waals surface area contributed by atoms with Crippen LogP contribution >= 0.6 is 7.45 Å². The van der Waals surface area contributed by atoms with Crippen molar-refractivity contribution in [3.8, 4) is 0 Å². The normalized spacial score (nSPS) is 11.6. The predicted molar refractivity (Wildman–Crippen MR) is 79.8 cm³/mol. The Morgan fingerprint density at radius 1 is 0.684 bits per heavy atom. The van der Waals surface area contributed by atoms with Crippen LogP contribution in [0.15, 0.2) is 36.4 Å². The maximum absolute atomic E-state index is 14.8. The standard InChI is InChI=1S/C16H18FOP/c1-11-5-12(2)8-15(7-11)19(17,18)16-9-13(3)6-14(4)10-16/h5-10H,1-4H3. The fourth-order valence-electron chi connectivity index (χ4n) is 2.38. The van der Waals surface area contributed by atoms with Crippen LogP contribution in [0.5, 0.6) is 0 Å². The van der Waals surface area contributed by atoms with E-state index in [2.05, 4.69) is 0 Å². The van der Waals surface area contributed by atoms with Gasteiger partial charge in [0.25, 0.3) is 7.45 Å². The Morgan fingerprint density at radius 3 is 1.21 bits per heavy atom. The SMILES string of the molecule is Cc1cc(C)cc(P(=O)(F)c2cc(C)cc(C)c2)c1. The third-order valence-electron chi connectivity index (χ3n) is 3.08. The van der Waals surface area contributed by atoms with Crippen molar-refractivity contribution in [2.45, 2.75) is 27.7 Å². The summed E-state index contributed by atoms with van der Waals surface area (Å²) < 4.78 is 27.4. The van der Waals surface area contributed by atoms with Gasteiger partial charge in [0.1, 0.15) is 0 Å². The Bertz CT molecular complexity index is 580. The van der Waals surface area contributed by atoms with Gasteiger partial charge in [-0.2, -0.15) is 4.20 Å². The minimum absolute atomic E-state index is 0.287. The number of hydrogen-bond acceptors (Lipinski definition) is 1. The zero-order valence-corrected chi connectivity index (χ0v) is 12.6. The number of benzene rings is 2. The molecule has 2 rings (SSSR count). The molecule has 0 spiro atoms. The van der Waals surface area contributed by atoms with Gasteiger partial charge in [-0.25, -0.2) is 0 Å². The van der Waals surface area contributed by atoms with E-state index in [1.807, 2.05) is 39.8 Å². The molecule has 0 aliphatic carbocycles. The number of hydrogen-bond donors (Lipinski definition) is 0. The van der Waals surface area contributed by atoms with Crippen molar-refractivity contribution >= 4 is 18.1 Å². The average molecular weight is 276 g/mol. The molecule has 0 aliphatic rings. The highest BCUT2D eigenvalue weighted by atomic mass is 31.2. The maximum atomic E-state index is 14.8. The van der Waals surface area contributed by atoms with E-state index in [1.54, 1.807) is 24.3 Å². The molecule has 0 aromatic heterocycles. The van der Waals surface area contributed by atoms with E-state index < -0.39 is 7.45 Å². The van der Waals surface area contributed by atoms with Gasteiger partial charge in [0, 0.05) is 10.6 Å². The Morgan fingerprint density at radius 2 is 0.947 bits per heavy atom. The topological polar surface area (TPSA) is 17.1 Å². The Hall–Kier alpha value is -1.40. The summed E-state index contributed by atoms with van der Waals surface area (Å²) >= 11 is 0. The molecule has 3 heteroatoms. The minimum atomic E-state index is -4.01. The van der Waals surface area contributed by atoms with Gasteiger partial charge in [-0.05, 0) is 52.0 Å². The molecule has 0 saturated heterocycles. The van der Waals surface area contributed by atoms with Crippen LogP contribution in [0.1, 0.15) is 22.3 Å². The van der Waals surface area contributed by atoms with Gasteiger partial charge >= 0.3 is 0 Å². The summed E-state index contributed by atoms with van der Waals surface area (Å²) in [6, 6.07) is 10.6. The Balaban J connectivity index is 2.61. The van der Waals surface area contributed by atoms with E-state index in [0.29, 0.717) is 0 Å². The molecule has 0 amide bonds. The van der Waals surface area contributed by atoms with Crippen LogP contribution in [0.2, 0.25) is 0 Å². The summed E-state index contributed by atoms with van der Waals surface area (Å²) in [6.45, 7) is 7.55. The minimum Gasteiger partial charge on any atom is -0.277 e. The first-order valence-corrected chi connectivity index (χ1v) is 7.86. The van der Waals surface area contributed by atoms with Crippen molar-refractivity contribution in [3.63, 3.8) is 0 Å². The molecule has 2 aromatic carbocycles. The van der Waals surface area contributed by atoms with Crippen molar-refractivity contribution in [2.75, 3.05) is 0 Å². The van der Waals surface area contributed by atoms with Crippen LogP contribution in [-0.2, 0) is 4.57 Å². The van der Waals surface area contributed by atoms with E-state index in [0.717, 1.165) is 22.3 Å². The lowest BCUT2D eigenvalue weighted by Crippen LogP contribution is -2.14. The zero-order chi connectivity index (χ0) is 14.2. The molecule has 0 unspecified atom stereocenters. The number of halogens is 1. The Kier molecular flexibility index (Phi) is 3.64. The molecule has 2 aromatic rings. The highest BCUT2D eigenvalue weighted by Gasteiger charge is 2.27. The molecular weight excluding hydrogens is 258 g/mol. The van der Waals surface area contributed by atoms with Crippen LogP contribution in [0.3, 0.4) is 0 Å². The fourth-order valence-corrected chi connectivity index (χ4v) is 4.16. The summed E-state index contributed by atoms with van der Waals surface area (Å²) in [6.07, 6.45) is 0. The molecular formula is C16H18FOP. The third-order valence-corrected chi connectivity index (χ3v) is 4.92. The highest BCUT2D eigenvalue weighted by molar-refractivity contribution is 7.74. The molecule has 0 heterocycles. The highest BCUT2D eigenvalue weighted by Crippen LogP contribution is 2.45. The number of aryl methyl sites for hydroxylation is 4. The van der Waals surface area contributed by atoms with E-state index in [9.17, 15) is 8.76 Å². The molecule has 0 radical (unpaired) electrons. The van der Waals surface area contributed by atoms with Gasteiger partial charge in [0.2, 0.25) is 0 Å². The molecule has 19 heavy (non-hydrogen) atoms. The molecule has 100 valence electrons. The van der Waals surface area contributed by atoms with Crippen molar-refractivity contribution in [2.24, 2.45) is 0 Å². The lowest BCUT2D eigenvalue weighted by molar-refractivity contribution is 0.558. The lowest BCUT2D eigenvalue weighted by Gasteiger charge is -2.13. The molecule has 0 N–H and O–H groups in total. The van der Waals surface area contributed by atoms with E-state index in [1.165, 1.54) is 0 Å². The van der Waals surface area contributed by atoms with Crippen molar-refractivity contribution in [1.82, 2.24) is 0 Å². The van der Waals surface area contributed by atoms with E-state index in [4.69, 9.17) is 0 Å². The van der Waals surface area contributed by atoms with Crippen LogP contribution in [-0.4, -0.2) is 0 Å². The smallest absolute Gasteiger partial charge is 0.277 e. The van der Waals surface area contributed by atoms with Gasteiger partial charge < -0.3 is 0 Å². The van der Waals surface area contributed by atoms with Crippen LogP contribution in [0.4, 0.5) is 4.20 Å². The maximum Gasteiger partial charge on any atom is 0.300 e. The summed E-state index contributed by atoms with van der Waals surface area (Å²) in [5, 5.41) is 0.574. The molecule has 0 aliphatic heterocycles. The van der Waals surface area contributed by atoms with Gasteiger partial charge in [0.15, 0.2) is 0 Å². The molecule has 0 bridgehead atoms.